The second-order valence-corrected chi connectivity index (χ2v) is 7.97. The number of nitrogens with zero attached hydrogens (tertiary/aromatic N) is 1. The molecule has 0 saturated heterocycles. The molecule has 0 aliphatic carbocycles. The van der Waals surface area contributed by atoms with E-state index in [9.17, 15) is 13.2 Å². The lowest BCUT2D eigenvalue weighted by Gasteiger charge is -2.21. The number of carbonyl (C=O) groups excluding carboxylic acids is 1. The molecule has 1 rings (SSSR count). The van der Waals surface area contributed by atoms with Gasteiger partial charge in [-0.05, 0) is 24.3 Å². The Morgan fingerprint density at radius 3 is 2.19 bits per heavy atom. The highest BCUT2D eigenvalue weighted by Crippen LogP contribution is 2.15. The van der Waals surface area contributed by atoms with E-state index in [-0.39, 0.29) is 17.4 Å². The van der Waals surface area contributed by atoms with Crippen LogP contribution in [0.3, 0.4) is 0 Å². The molecule has 118 valence electrons. The number of aliphatic hydroxyl groups excluding tert-OH is 1. The molecule has 0 heterocycles. The number of hydrogen-bond acceptors (Lipinski definition) is 4. The van der Waals surface area contributed by atoms with Gasteiger partial charge in [-0.1, -0.05) is 13.8 Å². The number of carbonyl (C=O) groups is 1. The number of aliphatic hydroxyl groups is 1. The van der Waals surface area contributed by atoms with Gasteiger partial charge in [-0.2, -0.15) is 0 Å². The van der Waals surface area contributed by atoms with E-state index < -0.39 is 15.4 Å². The van der Waals surface area contributed by atoms with Gasteiger partial charge in [0.1, 0.15) is 0 Å². The number of sulfonamides is 1. The van der Waals surface area contributed by atoms with Crippen molar-refractivity contribution in [1.82, 2.24) is 9.62 Å². The monoisotopic (exact) mass is 314 g/mol. The summed E-state index contributed by atoms with van der Waals surface area (Å²) in [5, 5.41) is 11.8. The Kier molecular flexibility index (Phi) is 5.49. The number of benzene rings is 1. The first-order valence-electron chi connectivity index (χ1n) is 6.52. The molecule has 2 N–H and O–H groups in total. The Balaban J connectivity index is 2.82. The molecule has 7 heteroatoms. The summed E-state index contributed by atoms with van der Waals surface area (Å²) < 4.78 is 24.9. The van der Waals surface area contributed by atoms with Crippen LogP contribution in [0.4, 0.5) is 0 Å². The van der Waals surface area contributed by atoms with E-state index in [0.717, 1.165) is 4.31 Å². The lowest BCUT2D eigenvalue weighted by molar-refractivity contribution is 0.0911. The van der Waals surface area contributed by atoms with Crippen LogP contribution in [0, 0.1) is 5.41 Å². The van der Waals surface area contributed by atoms with Gasteiger partial charge in [-0.25, -0.2) is 12.7 Å². The summed E-state index contributed by atoms with van der Waals surface area (Å²) in [4.78, 5) is 12.1. The molecule has 0 radical (unpaired) electrons. The van der Waals surface area contributed by atoms with Gasteiger partial charge in [-0.15, -0.1) is 0 Å². The quantitative estimate of drug-likeness (QED) is 0.808. The van der Waals surface area contributed by atoms with Crippen molar-refractivity contribution in [3.05, 3.63) is 29.8 Å². The first kappa shape index (κ1) is 17.6. The summed E-state index contributed by atoms with van der Waals surface area (Å²) in [6.45, 7) is 3.97. The van der Waals surface area contributed by atoms with Crippen LogP contribution in [0.2, 0.25) is 0 Å². The largest absolute Gasteiger partial charge is 0.396 e. The average Bonchev–Trinajstić information content (AvgIpc) is 2.44. The molecule has 0 aliphatic rings. The van der Waals surface area contributed by atoms with Crippen molar-refractivity contribution in [2.75, 3.05) is 27.2 Å². The van der Waals surface area contributed by atoms with Crippen molar-refractivity contribution in [3.63, 3.8) is 0 Å². The van der Waals surface area contributed by atoms with Gasteiger partial charge in [0.25, 0.3) is 5.91 Å². The average molecular weight is 314 g/mol. The summed E-state index contributed by atoms with van der Waals surface area (Å²) in [5.41, 5.74) is -0.0226. The summed E-state index contributed by atoms with van der Waals surface area (Å²) in [6.07, 6.45) is 0. The number of rotatable bonds is 6. The van der Waals surface area contributed by atoms with Crippen molar-refractivity contribution >= 4 is 15.9 Å². The highest BCUT2D eigenvalue weighted by atomic mass is 32.2. The SMILES string of the molecule is CN(C)S(=O)(=O)c1ccc(C(=O)NCC(C)(C)CO)cc1. The summed E-state index contributed by atoms with van der Waals surface area (Å²) in [7, 11) is -0.588. The fraction of sp³-hybridized carbons (Fsp3) is 0.500. The van der Waals surface area contributed by atoms with Crippen molar-refractivity contribution in [2.24, 2.45) is 5.41 Å². The Morgan fingerprint density at radius 1 is 1.24 bits per heavy atom. The summed E-state index contributed by atoms with van der Waals surface area (Å²) >= 11 is 0. The molecule has 0 atom stereocenters. The third-order valence-electron chi connectivity index (χ3n) is 3.05. The molecule has 1 aromatic rings. The van der Waals surface area contributed by atoms with Crippen LogP contribution in [0.1, 0.15) is 24.2 Å². The Morgan fingerprint density at radius 2 is 1.76 bits per heavy atom. The molecular weight excluding hydrogens is 292 g/mol. The van der Waals surface area contributed by atoms with E-state index in [1.807, 2.05) is 13.8 Å². The van der Waals surface area contributed by atoms with Gasteiger partial charge >= 0.3 is 0 Å². The van der Waals surface area contributed by atoms with Crippen molar-refractivity contribution in [3.8, 4) is 0 Å². The molecule has 0 saturated carbocycles. The van der Waals surface area contributed by atoms with E-state index in [1.54, 1.807) is 0 Å². The zero-order chi connectivity index (χ0) is 16.3. The zero-order valence-electron chi connectivity index (χ0n) is 12.8. The Bertz CT molecular complexity index is 592. The lowest BCUT2D eigenvalue weighted by Crippen LogP contribution is -2.36. The van der Waals surface area contributed by atoms with Crippen LogP contribution < -0.4 is 5.32 Å². The molecule has 0 fully saturated rings. The first-order valence-corrected chi connectivity index (χ1v) is 7.96. The topological polar surface area (TPSA) is 86.7 Å². The zero-order valence-corrected chi connectivity index (χ0v) is 13.6. The van der Waals surface area contributed by atoms with Gasteiger partial charge in [0.2, 0.25) is 10.0 Å². The maximum absolute atomic E-state index is 11.9. The highest BCUT2D eigenvalue weighted by molar-refractivity contribution is 7.89. The smallest absolute Gasteiger partial charge is 0.251 e. The van der Waals surface area contributed by atoms with Crippen molar-refractivity contribution < 1.29 is 18.3 Å². The van der Waals surface area contributed by atoms with Crippen LogP contribution in [-0.2, 0) is 10.0 Å². The van der Waals surface area contributed by atoms with E-state index in [4.69, 9.17) is 5.11 Å². The van der Waals surface area contributed by atoms with E-state index in [2.05, 4.69) is 5.32 Å². The van der Waals surface area contributed by atoms with Crippen LogP contribution in [0.15, 0.2) is 29.2 Å². The van der Waals surface area contributed by atoms with Gasteiger partial charge in [0.05, 0.1) is 4.90 Å². The predicted molar refractivity (Wildman–Crippen MR) is 80.5 cm³/mol. The fourth-order valence-electron chi connectivity index (χ4n) is 1.47. The van der Waals surface area contributed by atoms with E-state index >= 15 is 0 Å². The second-order valence-electron chi connectivity index (χ2n) is 5.82. The Labute approximate surface area is 125 Å². The van der Waals surface area contributed by atoms with Crippen LogP contribution >= 0.6 is 0 Å². The highest BCUT2D eigenvalue weighted by Gasteiger charge is 2.19. The molecule has 0 aliphatic heterocycles. The maximum Gasteiger partial charge on any atom is 0.251 e. The number of hydrogen-bond donors (Lipinski definition) is 2. The molecule has 0 unspecified atom stereocenters. The first-order chi connectivity index (χ1) is 9.60. The third-order valence-corrected chi connectivity index (χ3v) is 4.88. The molecule has 0 bridgehead atoms. The van der Waals surface area contributed by atoms with Gasteiger partial charge in [-0.3, -0.25) is 4.79 Å². The minimum Gasteiger partial charge on any atom is -0.396 e. The minimum absolute atomic E-state index is 0.0344. The van der Waals surface area contributed by atoms with Gasteiger partial charge in [0.15, 0.2) is 0 Å². The molecule has 0 aromatic heterocycles. The maximum atomic E-state index is 11.9. The van der Waals surface area contributed by atoms with Gasteiger partial charge in [0, 0.05) is 38.2 Å². The molecule has 21 heavy (non-hydrogen) atoms. The molecule has 1 amide bonds. The second kappa shape index (κ2) is 6.55. The summed E-state index contributed by atoms with van der Waals surface area (Å²) in [5.74, 6) is -0.301. The van der Waals surface area contributed by atoms with E-state index in [1.165, 1.54) is 38.4 Å². The van der Waals surface area contributed by atoms with E-state index in [0.29, 0.717) is 12.1 Å². The fourth-order valence-corrected chi connectivity index (χ4v) is 2.37. The van der Waals surface area contributed by atoms with Crippen LogP contribution in [0.5, 0.6) is 0 Å². The Hall–Kier alpha value is -1.44. The van der Waals surface area contributed by atoms with Crippen molar-refractivity contribution in [1.29, 1.82) is 0 Å². The standard InChI is InChI=1S/C14H22N2O4S/c1-14(2,10-17)9-15-13(18)11-5-7-12(8-6-11)21(19,20)16(3)4/h5-8,17H,9-10H2,1-4H3,(H,15,18). The molecule has 6 nitrogen and oxygen atoms in total. The third kappa shape index (κ3) is 4.52. The minimum atomic E-state index is -3.49. The number of amides is 1. The van der Waals surface area contributed by atoms with Crippen LogP contribution in [0.25, 0.3) is 0 Å². The summed E-state index contributed by atoms with van der Waals surface area (Å²) in [6, 6.07) is 5.75. The predicted octanol–water partition coefficient (Wildman–Crippen LogP) is 0.685. The molecule has 0 spiro atoms. The number of nitrogens with one attached hydrogen (secondary N) is 1. The lowest BCUT2D eigenvalue weighted by atomic mass is 9.95. The van der Waals surface area contributed by atoms with Crippen molar-refractivity contribution in [2.45, 2.75) is 18.7 Å². The molecule has 1 aromatic carbocycles. The van der Waals surface area contributed by atoms with Gasteiger partial charge < -0.3 is 10.4 Å². The molecular formula is C14H22N2O4S. The normalized spacial score (nSPS) is 12.5. The van der Waals surface area contributed by atoms with Crippen LogP contribution in [-0.4, -0.2) is 51.0 Å².